The number of nitrogens with one attached hydrogen (secondary N) is 1. The van der Waals surface area contributed by atoms with Crippen LogP contribution in [0.3, 0.4) is 0 Å². The van der Waals surface area contributed by atoms with Gasteiger partial charge in [-0.25, -0.2) is 0 Å². The molecule has 0 amide bonds. The van der Waals surface area contributed by atoms with Crippen LogP contribution < -0.4 is 9.80 Å². The predicted molar refractivity (Wildman–Crippen MR) is 85.9 cm³/mol. The Morgan fingerprint density at radius 1 is 1.05 bits per heavy atom. The molecule has 1 fully saturated rings. The van der Waals surface area contributed by atoms with Gasteiger partial charge in [0.15, 0.2) is 0 Å². The Kier molecular flexibility index (Phi) is 4.27. The molecule has 0 saturated carbocycles. The van der Waals surface area contributed by atoms with Gasteiger partial charge in [0, 0.05) is 5.56 Å². The summed E-state index contributed by atoms with van der Waals surface area (Å²) in [5, 5.41) is 19.1. The molecule has 4 heteroatoms. The van der Waals surface area contributed by atoms with Gasteiger partial charge in [-0.05, 0) is 18.2 Å². The van der Waals surface area contributed by atoms with Crippen molar-refractivity contribution in [3.8, 4) is 11.8 Å². The van der Waals surface area contributed by atoms with E-state index in [1.165, 1.54) is 4.90 Å². The second kappa shape index (κ2) is 6.50. The Balaban J connectivity index is 1.63. The van der Waals surface area contributed by atoms with Gasteiger partial charge in [-0.3, -0.25) is 0 Å². The van der Waals surface area contributed by atoms with Crippen molar-refractivity contribution >= 4 is 5.69 Å². The largest absolute Gasteiger partial charge is 0.506 e. The molecule has 2 aromatic rings. The van der Waals surface area contributed by atoms with Gasteiger partial charge in [0.2, 0.25) is 0 Å². The second-order valence-electron chi connectivity index (χ2n) is 5.67. The Bertz CT molecular complexity index is 685. The fourth-order valence-corrected chi connectivity index (χ4v) is 3.03. The van der Waals surface area contributed by atoms with Gasteiger partial charge in [-0.15, -0.1) is 0 Å². The van der Waals surface area contributed by atoms with Crippen molar-refractivity contribution in [3.05, 3.63) is 59.7 Å². The molecule has 2 N–H and O–H groups in total. The molecule has 0 aromatic heterocycles. The summed E-state index contributed by atoms with van der Waals surface area (Å²) in [5.74, 6) is 0.348. The number of phenolic OH excluding ortho intramolecular Hbond substituents is 1. The third-order valence-electron chi connectivity index (χ3n) is 4.27. The normalized spacial score (nSPS) is 15.5. The minimum absolute atomic E-state index is 0.348. The molecule has 1 aliphatic heterocycles. The highest BCUT2D eigenvalue weighted by molar-refractivity contribution is 5.57. The summed E-state index contributed by atoms with van der Waals surface area (Å²) >= 11 is 0. The summed E-state index contributed by atoms with van der Waals surface area (Å²) in [6, 6.07) is 17.6. The highest BCUT2D eigenvalue weighted by Gasteiger charge is 2.22. The maximum absolute atomic E-state index is 9.95. The highest BCUT2D eigenvalue weighted by atomic mass is 16.3. The number of rotatable bonds is 3. The maximum atomic E-state index is 9.95. The Morgan fingerprint density at radius 3 is 2.45 bits per heavy atom. The summed E-state index contributed by atoms with van der Waals surface area (Å²) in [6.07, 6.45) is 0. The first-order valence-corrected chi connectivity index (χ1v) is 7.62. The standard InChI is InChI=1S/C18H19N3O/c19-13-15-5-1-2-6-16(15)14-20-9-11-21(12-10-20)17-7-3-4-8-18(17)22/h1-8,22H,9-12,14H2/p+1. The number of anilines is 1. The Hall–Kier alpha value is -2.51. The maximum Gasteiger partial charge on any atom is 0.138 e. The third-order valence-corrected chi connectivity index (χ3v) is 4.27. The van der Waals surface area contributed by atoms with E-state index in [9.17, 15) is 10.4 Å². The molecule has 0 bridgehead atoms. The fourth-order valence-electron chi connectivity index (χ4n) is 3.03. The van der Waals surface area contributed by atoms with Gasteiger partial charge < -0.3 is 14.9 Å². The first-order chi connectivity index (χ1) is 10.8. The molecule has 1 aliphatic rings. The van der Waals surface area contributed by atoms with Gasteiger partial charge in [0.1, 0.15) is 12.3 Å². The quantitative estimate of drug-likeness (QED) is 0.893. The zero-order valence-electron chi connectivity index (χ0n) is 12.5. The van der Waals surface area contributed by atoms with Crippen molar-refractivity contribution in [2.75, 3.05) is 31.1 Å². The Morgan fingerprint density at radius 2 is 1.73 bits per heavy atom. The van der Waals surface area contributed by atoms with Crippen LogP contribution in [0.5, 0.6) is 5.75 Å². The number of benzene rings is 2. The number of phenols is 1. The molecule has 0 unspecified atom stereocenters. The van der Waals surface area contributed by atoms with Gasteiger partial charge in [0.25, 0.3) is 0 Å². The molecule has 0 atom stereocenters. The summed E-state index contributed by atoms with van der Waals surface area (Å²) in [6.45, 7) is 4.74. The van der Waals surface area contributed by atoms with Crippen molar-refractivity contribution in [3.63, 3.8) is 0 Å². The molecule has 1 saturated heterocycles. The number of aromatic hydroxyl groups is 1. The lowest BCUT2D eigenvalue weighted by atomic mass is 10.1. The van der Waals surface area contributed by atoms with Crippen molar-refractivity contribution in [2.45, 2.75) is 6.54 Å². The topological polar surface area (TPSA) is 51.7 Å². The molecular formula is C18H20N3O+. The lowest BCUT2D eigenvalue weighted by molar-refractivity contribution is -0.914. The lowest BCUT2D eigenvalue weighted by Crippen LogP contribution is -3.13. The molecule has 112 valence electrons. The molecule has 3 rings (SSSR count). The van der Waals surface area contributed by atoms with E-state index in [4.69, 9.17) is 0 Å². The van der Waals surface area contributed by atoms with Crippen LogP contribution in [-0.2, 0) is 6.54 Å². The van der Waals surface area contributed by atoms with Crippen molar-refractivity contribution < 1.29 is 10.0 Å². The molecule has 1 heterocycles. The Labute approximate surface area is 130 Å². The number of para-hydroxylation sites is 2. The van der Waals surface area contributed by atoms with Crippen LogP contribution in [-0.4, -0.2) is 31.3 Å². The second-order valence-corrected chi connectivity index (χ2v) is 5.67. The monoisotopic (exact) mass is 294 g/mol. The first-order valence-electron chi connectivity index (χ1n) is 7.62. The number of nitrogens with zero attached hydrogens (tertiary/aromatic N) is 2. The number of piperazine rings is 1. The molecule has 4 nitrogen and oxygen atoms in total. The zero-order valence-corrected chi connectivity index (χ0v) is 12.5. The molecule has 0 aliphatic carbocycles. The van der Waals surface area contributed by atoms with Crippen molar-refractivity contribution in [1.29, 1.82) is 5.26 Å². The highest BCUT2D eigenvalue weighted by Crippen LogP contribution is 2.26. The number of hydrogen-bond donors (Lipinski definition) is 2. The van der Waals surface area contributed by atoms with Gasteiger partial charge in [-0.1, -0.05) is 30.3 Å². The summed E-state index contributed by atoms with van der Waals surface area (Å²) in [7, 11) is 0. The summed E-state index contributed by atoms with van der Waals surface area (Å²) in [5.41, 5.74) is 2.81. The van der Waals surface area contributed by atoms with E-state index in [1.54, 1.807) is 6.07 Å². The number of quaternary nitrogens is 1. The van der Waals surface area contributed by atoms with E-state index in [2.05, 4.69) is 11.0 Å². The molecule has 0 spiro atoms. The van der Waals surface area contributed by atoms with E-state index in [0.717, 1.165) is 49.5 Å². The van der Waals surface area contributed by atoms with Crippen LogP contribution in [0.2, 0.25) is 0 Å². The van der Waals surface area contributed by atoms with Gasteiger partial charge >= 0.3 is 0 Å². The predicted octanol–water partition coefficient (Wildman–Crippen LogP) is 1.17. The van der Waals surface area contributed by atoms with Crippen LogP contribution in [0.25, 0.3) is 0 Å². The molecule has 2 aromatic carbocycles. The van der Waals surface area contributed by atoms with Crippen LogP contribution in [0, 0.1) is 11.3 Å². The average molecular weight is 294 g/mol. The minimum atomic E-state index is 0.348. The summed E-state index contributed by atoms with van der Waals surface area (Å²) < 4.78 is 0. The number of hydrogen-bond acceptors (Lipinski definition) is 3. The summed E-state index contributed by atoms with van der Waals surface area (Å²) in [4.78, 5) is 3.71. The van der Waals surface area contributed by atoms with Crippen LogP contribution in [0.1, 0.15) is 11.1 Å². The van der Waals surface area contributed by atoms with Crippen LogP contribution in [0.15, 0.2) is 48.5 Å². The third kappa shape index (κ3) is 3.05. The van der Waals surface area contributed by atoms with Crippen LogP contribution >= 0.6 is 0 Å². The van der Waals surface area contributed by atoms with E-state index in [0.29, 0.717) is 5.75 Å². The smallest absolute Gasteiger partial charge is 0.138 e. The van der Waals surface area contributed by atoms with Crippen molar-refractivity contribution in [1.82, 2.24) is 0 Å². The molecule has 0 radical (unpaired) electrons. The molecular weight excluding hydrogens is 274 g/mol. The van der Waals surface area contributed by atoms with E-state index < -0.39 is 0 Å². The molecule has 22 heavy (non-hydrogen) atoms. The fraction of sp³-hybridized carbons (Fsp3) is 0.278. The van der Waals surface area contributed by atoms with E-state index in [1.807, 2.05) is 42.5 Å². The zero-order chi connectivity index (χ0) is 15.4. The van der Waals surface area contributed by atoms with Crippen LogP contribution in [0.4, 0.5) is 5.69 Å². The van der Waals surface area contributed by atoms with Gasteiger partial charge in [0.05, 0.1) is 43.5 Å². The first kappa shape index (κ1) is 14.4. The van der Waals surface area contributed by atoms with E-state index >= 15 is 0 Å². The van der Waals surface area contributed by atoms with E-state index in [-0.39, 0.29) is 0 Å². The lowest BCUT2D eigenvalue weighted by Gasteiger charge is -2.34. The van der Waals surface area contributed by atoms with Crippen molar-refractivity contribution in [2.24, 2.45) is 0 Å². The number of nitriles is 1. The SMILES string of the molecule is N#Cc1ccccc1C[NH+]1CCN(c2ccccc2O)CC1. The van der Waals surface area contributed by atoms with Gasteiger partial charge in [-0.2, -0.15) is 5.26 Å². The minimum Gasteiger partial charge on any atom is -0.506 e. The average Bonchev–Trinajstić information content (AvgIpc) is 2.57.